The maximum absolute atomic E-state index is 12.6. The van der Waals surface area contributed by atoms with Crippen LogP contribution < -0.4 is 4.90 Å². The minimum absolute atomic E-state index is 0.0365. The fraction of sp³-hybridized carbons (Fsp3) is 0.300. The summed E-state index contributed by atoms with van der Waals surface area (Å²) in [4.78, 5) is 21.6. The monoisotopic (exact) mass is 260 g/mol. The number of hydrogen-bond donors (Lipinski definition) is 0. The number of rotatable bonds is 4. The van der Waals surface area contributed by atoms with Crippen LogP contribution in [-0.2, 0) is 4.74 Å². The number of nitro benzene ring substituents is 1. The Morgan fingerprint density at radius 2 is 2.11 bits per heavy atom. The first kappa shape index (κ1) is 13.8. The first-order valence-electron chi connectivity index (χ1n) is 4.76. The molecule has 1 aromatic rings. The molecule has 0 saturated heterocycles. The predicted molar refractivity (Wildman–Crippen MR) is 58.8 cm³/mol. The van der Waals surface area contributed by atoms with Crippen LogP contribution in [0.5, 0.6) is 0 Å². The van der Waals surface area contributed by atoms with Gasteiger partial charge in [-0.3, -0.25) is 10.1 Å². The third-order valence-corrected chi connectivity index (χ3v) is 2.27. The number of benzene rings is 1. The zero-order chi connectivity index (χ0) is 13.9. The van der Waals surface area contributed by atoms with Gasteiger partial charge in [-0.25, -0.2) is 4.79 Å². The summed E-state index contributed by atoms with van der Waals surface area (Å²) >= 11 is 0. The minimum Gasteiger partial charge on any atom is -0.465 e. The topological polar surface area (TPSA) is 72.7 Å². The van der Waals surface area contributed by atoms with Gasteiger partial charge in [-0.2, -0.15) is 8.78 Å². The van der Waals surface area contributed by atoms with Crippen LogP contribution in [0.15, 0.2) is 18.2 Å². The number of hydrogen-bond acceptors (Lipinski definition) is 5. The van der Waals surface area contributed by atoms with Crippen molar-refractivity contribution in [2.75, 3.05) is 19.1 Å². The van der Waals surface area contributed by atoms with Gasteiger partial charge in [0, 0.05) is 13.1 Å². The lowest BCUT2D eigenvalue weighted by Gasteiger charge is -2.18. The number of carbonyl (C=O) groups excluding carboxylic acids is 1. The molecule has 0 spiro atoms. The molecular formula is C10H10F2N2O4. The van der Waals surface area contributed by atoms with Crippen LogP contribution in [0, 0.1) is 10.1 Å². The summed E-state index contributed by atoms with van der Waals surface area (Å²) in [5, 5.41) is 10.7. The van der Waals surface area contributed by atoms with Crippen LogP contribution in [0.3, 0.4) is 0 Å². The Balaban J connectivity index is 3.32. The number of esters is 1. The van der Waals surface area contributed by atoms with Crippen molar-refractivity contribution in [3.05, 3.63) is 33.9 Å². The number of halogens is 2. The van der Waals surface area contributed by atoms with Crippen LogP contribution in [0.2, 0.25) is 0 Å². The predicted octanol–water partition coefficient (Wildman–Crippen LogP) is 2.04. The molecule has 0 aromatic heterocycles. The molecule has 0 heterocycles. The van der Waals surface area contributed by atoms with Crippen molar-refractivity contribution in [2.45, 2.75) is 6.55 Å². The zero-order valence-corrected chi connectivity index (χ0v) is 9.59. The second-order valence-electron chi connectivity index (χ2n) is 3.34. The summed E-state index contributed by atoms with van der Waals surface area (Å²) in [6, 6.07) is 3.13. The highest BCUT2D eigenvalue weighted by molar-refractivity contribution is 5.91. The molecule has 1 aromatic carbocycles. The average Bonchev–Trinajstić information content (AvgIpc) is 2.35. The standard InChI is InChI=1S/C10H10F2N2O4/c1-13(10(11)12)8-5-6(9(15)18-2)3-4-7(8)14(16)17/h3-5,10H,1-2H3. The van der Waals surface area contributed by atoms with E-state index in [1.807, 2.05) is 0 Å². The van der Waals surface area contributed by atoms with Gasteiger partial charge in [0.25, 0.3) is 5.69 Å². The fourth-order valence-corrected chi connectivity index (χ4v) is 1.31. The Labute approximate surface area is 101 Å². The quantitative estimate of drug-likeness (QED) is 0.358. The van der Waals surface area contributed by atoms with Crippen molar-refractivity contribution >= 4 is 17.3 Å². The number of anilines is 1. The summed E-state index contributed by atoms with van der Waals surface area (Å²) in [6.45, 7) is -2.92. The molecular weight excluding hydrogens is 250 g/mol. The third kappa shape index (κ3) is 2.70. The van der Waals surface area contributed by atoms with E-state index in [9.17, 15) is 23.7 Å². The number of methoxy groups -OCH3 is 1. The van der Waals surface area contributed by atoms with E-state index in [-0.39, 0.29) is 11.3 Å². The van der Waals surface area contributed by atoms with Gasteiger partial charge in [-0.05, 0) is 12.1 Å². The van der Waals surface area contributed by atoms with Gasteiger partial charge in [0.2, 0.25) is 0 Å². The van der Waals surface area contributed by atoms with Gasteiger partial charge in [0.05, 0.1) is 17.6 Å². The Bertz CT molecular complexity index is 479. The van der Waals surface area contributed by atoms with E-state index in [0.717, 1.165) is 32.4 Å². The highest BCUT2D eigenvalue weighted by atomic mass is 19.3. The van der Waals surface area contributed by atoms with Crippen molar-refractivity contribution in [2.24, 2.45) is 0 Å². The SMILES string of the molecule is COC(=O)c1ccc([N+](=O)[O-])c(N(C)C(F)F)c1. The maximum atomic E-state index is 12.6. The summed E-state index contributed by atoms with van der Waals surface area (Å²) < 4.78 is 29.5. The highest BCUT2D eigenvalue weighted by Gasteiger charge is 2.24. The number of carbonyl (C=O) groups is 1. The normalized spacial score (nSPS) is 10.3. The van der Waals surface area contributed by atoms with E-state index in [0.29, 0.717) is 4.90 Å². The molecule has 8 heteroatoms. The Hall–Kier alpha value is -2.25. The largest absolute Gasteiger partial charge is 0.465 e. The summed E-state index contributed by atoms with van der Waals surface area (Å²) in [7, 11) is 2.12. The summed E-state index contributed by atoms with van der Waals surface area (Å²) in [5.74, 6) is -0.756. The first-order chi connectivity index (χ1) is 8.38. The molecule has 0 saturated carbocycles. The van der Waals surface area contributed by atoms with Crippen molar-refractivity contribution in [3.63, 3.8) is 0 Å². The molecule has 0 amide bonds. The first-order valence-corrected chi connectivity index (χ1v) is 4.76. The molecule has 0 aliphatic carbocycles. The molecule has 0 unspecified atom stereocenters. The zero-order valence-electron chi connectivity index (χ0n) is 9.59. The van der Waals surface area contributed by atoms with Gasteiger partial charge in [-0.1, -0.05) is 0 Å². The van der Waals surface area contributed by atoms with Gasteiger partial charge in [0.1, 0.15) is 5.69 Å². The molecule has 0 atom stereocenters. The Kier molecular flexibility index (Phi) is 4.13. The molecule has 0 bridgehead atoms. The molecule has 0 aliphatic heterocycles. The number of alkyl halides is 2. The van der Waals surface area contributed by atoms with E-state index in [2.05, 4.69) is 4.74 Å². The number of ether oxygens (including phenoxy) is 1. The second kappa shape index (κ2) is 5.39. The number of nitrogens with zero attached hydrogens (tertiary/aromatic N) is 2. The van der Waals surface area contributed by atoms with Crippen LogP contribution in [-0.4, -0.2) is 31.6 Å². The van der Waals surface area contributed by atoms with Crippen LogP contribution in [0.25, 0.3) is 0 Å². The summed E-state index contributed by atoms with van der Waals surface area (Å²) in [6.07, 6.45) is 0. The van der Waals surface area contributed by atoms with Crippen molar-refractivity contribution in [1.29, 1.82) is 0 Å². The third-order valence-electron chi connectivity index (χ3n) is 2.27. The molecule has 6 nitrogen and oxygen atoms in total. The lowest BCUT2D eigenvalue weighted by atomic mass is 10.1. The minimum atomic E-state index is -2.92. The number of nitro groups is 1. The molecule has 0 N–H and O–H groups in total. The van der Waals surface area contributed by atoms with E-state index < -0.39 is 23.1 Å². The molecule has 1 rings (SSSR count). The second-order valence-corrected chi connectivity index (χ2v) is 3.34. The lowest BCUT2D eigenvalue weighted by molar-refractivity contribution is -0.384. The van der Waals surface area contributed by atoms with Crippen LogP contribution in [0.1, 0.15) is 10.4 Å². The molecule has 0 aliphatic rings. The van der Waals surface area contributed by atoms with Crippen LogP contribution >= 0.6 is 0 Å². The van der Waals surface area contributed by atoms with Gasteiger partial charge < -0.3 is 9.64 Å². The maximum Gasteiger partial charge on any atom is 0.337 e. The molecule has 0 radical (unpaired) electrons. The van der Waals surface area contributed by atoms with E-state index in [1.165, 1.54) is 0 Å². The molecule has 0 fully saturated rings. The van der Waals surface area contributed by atoms with Crippen LogP contribution in [0.4, 0.5) is 20.2 Å². The molecule has 18 heavy (non-hydrogen) atoms. The van der Waals surface area contributed by atoms with Gasteiger partial charge in [-0.15, -0.1) is 0 Å². The average molecular weight is 260 g/mol. The summed E-state index contributed by atoms with van der Waals surface area (Å²) in [5.41, 5.74) is -0.894. The van der Waals surface area contributed by atoms with Crippen molar-refractivity contribution in [3.8, 4) is 0 Å². The van der Waals surface area contributed by atoms with E-state index >= 15 is 0 Å². The Morgan fingerprint density at radius 3 is 2.56 bits per heavy atom. The van der Waals surface area contributed by atoms with E-state index in [4.69, 9.17) is 0 Å². The van der Waals surface area contributed by atoms with Gasteiger partial charge >= 0.3 is 12.5 Å². The van der Waals surface area contributed by atoms with Crippen molar-refractivity contribution < 1.29 is 23.2 Å². The van der Waals surface area contributed by atoms with Crippen molar-refractivity contribution in [1.82, 2.24) is 0 Å². The lowest BCUT2D eigenvalue weighted by Crippen LogP contribution is -2.24. The van der Waals surface area contributed by atoms with Gasteiger partial charge in [0.15, 0.2) is 0 Å². The van der Waals surface area contributed by atoms with E-state index in [1.54, 1.807) is 0 Å². The Morgan fingerprint density at radius 1 is 1.50 bits per heavy atom. The molecule has 98 valence electrons. The smallest absolute Gasteiger partial charge is 0.337 e. The highest BCUT2D eigenvalue weighted by Crippen LogP contribution is 2.30. The fourth-order valence-electron chi connectivity index (χ4n) is 1.31.